The number of fused-ring (bicyclic) bond motifs is 1. The summed E-state index contributed by atoms with van der Waals surface area (Å²) in [6, 6.07) is 18.0. The van der Waals surface area contributed by atoms with Crippen LogP contribution in [0.15, 0.2) is 73.1 Å². The number of hydrogen-bond donors (Lipinski definition) is 3. The van der Waals surface area contributed by atoms with Crippen LogP contribution in [0.5, 0.6) is 0 Å². The lowest BCUT2D eigenvalue weighted by Crippen LogP contribution is -2.28. The number of amides is 2. The van der Waals surface area contributed by atoms with E-state index in [0.717, 1.165) is 28.0 Å². The molecule has 0 aliphatic heterocycles. The van der Waals surface area contributed by atoms with Crippen molar-refractivity contribution < 1.29 is 14.7 Å². The van der Waals surface area contributed by atoms with E-state index in [2.05, 4.69) is 15.6 Å². The molecular formula is C23H20N4O3. The smallest absolute Gasteiger partial charge is 0.335 e. The van der Waals surface area contributed by atoms with Crippen LogP contribution in [0.3, 0.4) is 0 Å². The highest BCUT2D eigenvalue weighted by Gasteiger charge is 2.10. The third kappa shape index (κ3) is 3.86. The van der Waals surface area contributed by atoms with Gasteiger partial charge in [-0.05, 0) is 54.4 Å². The van der Waals surface area contributed by atoms with E-state index in [9.17, 15) is 9.59 Å². The predicted molar refractivity (Wildman–Crippen MR) is 116 cm³/mol. The van der Waals surface area contributed by atoms with E-state index in [1.807, 2.05) is 53.9 Å². The fourth-order valence-corrected chi connectivity index (χ4v) is 3.27. The number of aromatic carboxylic acids is 1. The number of carbonyl (C=O) groups excluding carboxylic acids is 1. The number of carboxylic acids is 1. The van der Waals surface area contributed by atoms with E-state index in [1.54, 1.807) is 30.5 Å². The summed E-state index contributed by atoms with van der Waals surface area (Å²) in [6.07, 6.45) is 3.72. The van der Waals surface area contributed by atoms with Gasteiger partial charge in [-0.3, -0.25) is 4.40 Å². The molecule has 2 amide bonds. The first-order valence-electron chi connectivity index (χ1n) is 9.51. The molecule has 7 heteroatoms. The molecule has 7 nitrogen and oxygen atoms in total. The standard InChI is InChI=1S/C23H20N4O3/c1-2-24-23(30)26-19-5-3-4-18(12-19)20-14-25-21-13-17(10-11-27(20)21)15-6-8-16(9-7-15)22(28)29/h3-14H,2H2,1H3,(H,28,29)(H2,24,26,30). The largest absolute Gasteiger partial charge is 0.478 e. The summed E-state index contributed by atoms with van der Waals surface area (Å²) in [7, 11) is 0. The fourth-order valence-electron chi connectivity index (χ4n) is 3.27. The average molecular weight is 400 g/mol. The van der Waals surface area contributed by atoms with Crippen molar-refractivity contribution in [2.75, 3.05) is 11.9 Å². The van der Waals surface area contributed by atoms with Crippen LogP contribution >= 0.6 is 0 Å². The Labute approximate surface area is 173 Å². The van der Waals surface area contributed by atoms with Crippen LogP contribution < -0.4 is 10.6 Å². The average Bonchev–Trinajstić information content (AvgIpc) is 3.17. The summed E-state index contributed by atoms with van der Waals surface area (Å²) >= 11 is 0. The van der Waals surface area contributed by atoms with E-state index in [0.29, 0.717) is 12.2 Å². The summed E-state index contributed by atoms with van der Waals surface area (Å²) in [5.74, 6) is -0.946. The molecule has 2 aromatic heterocycles. The number of carbonyl (C=O) groups is 2. The van der Waals surface area contributed by atoms with E-state index in [4.69, 9.17) is 5.11 Å². The first-order valence-corrected chi connectivity index (χ1v) is 9.51. The normalized spacial score (nSPS) is 10.7. The Hall–Kier alpha value is -4.13. The van der Waals surface area contributed by atoms with Gasteiger partial charge in [-0.1, -0.05) is 24.3 Å². The van der Waals surface area contributed by atoms with Crippen molar-refractivity contribution in [3.63, 3.8) is 0 Å². The highest BCUT2D eigenvalue weighted by atomic mass is 16.4. The first kappa shape index (κ1) is 19.2. The predicted octanol–water partition coefficient (Wildman–Crippen LogP) is 4.51. The number of imidazole rings is 1. The van der Waals surface area contributed by atoms with Crippen molar-refractivity contribution in [3.8, 4) is 22.4 Å². The number of pyridine rings is 1. The van der Waals surface area contributed by atoms with Crippen LogP contribution in [0, 0.1) is 0 Å². The van der Waals surface area contributed by atoms with Gasteiger partial charge >= 0.3 is 12.0 Å². The molecule has 150 valence electrons. The quantitative estimate of drug-likeness (QED) is 0.459. The molecule has 0 unspecified atom stereocenters. The Balaban J connectivity index is 1.64. The van der Waals surface area contributed by atoms with Crippen LogP contribution in [0.1, 0.15) is 17.3 Å². The van der Waals surface area contributed by atoms with Crippen molar-refractivity contribution in [1.82, 2.24) is 14.7 Å². The number of nitrogens with one attached hydrogen (secondary N) is 2. The molecule has 0 saturated heterocycles. The second-order valence-electron chi connectivity index (χ2n) is 6.73. The number of benzene rings is 2. The van der Waals surface area contributed by atoms with Gasteiger partial charge in [-0.25, -0.2) is 14.6 Å². The zero-order chi connectivity index (χ0) is 21.1. The number of anilines is 1. The summed E-state index contributed by atoms with van der Waals surface area (Å²) in [5.41, 5.74) is 5.41. The van der Waals surface area contributed by atoms with E-state index in [-0.39, 0.29) is 11.6 Å². The molecule has 3 N–H and O–H groups in total. The second kappa shape index (κ2) is 8.08. The van der Waals surface area contributed by atoms with Crippen LogP contribution in [-0.4, -0.2) is 33.0 Å². The van der Waals surface area contributed by atoms with Crippen molar-refractivity contribution >= 4 is 23.3 Å². The number of hydrogen-bond acceptors (Lipinski definition) is 3. The van der Waals surface area contributed by atoms with Crippen molar-refractivity contribution in [1.29, 1.82) is 0 Å². The van der Waals surface area contributed by atoms with Crippen LogP contribution in [0.4, 0.5) is 10.5 Å². The first-order chi connectivity index (χ1) is 14.5. The lowest BCUT2D eigenvalue weighted by Gasteiger charge is -2.09. The number of rotatable bonds is 5. The SMILES string of the molecule is CCNC(=O)Nc1cccc(-c2cnc3cc(-c4ccc(C(=O)O)cc4)ccn23)c1. The van der Waals surface area contributed by atoms with Gasteiger partial charge in [0.05, 0.1) is 17.5 Å². The summed E-state index contributed by atoms with van der Waals surface area (Å²) < 4.78 is 1.97. The molecule has 0 atom stereocenters. The van der Waals surface area contributed by atoms with Crippen LogP contribution in [-0.2, 0) is 0 Å². The lowest BCUT2D eigenvalue weighted by atomic mass is 10.0. The summed E-state index contributed by atoms with van der Waals surface area (Å²) in [6.45, 7) is 2.42. The highest BCUT2D eigenvalue weighted by Crippen LogP contribution is 2.27. The maximum absolute atomic E-state index is 11.8. The molecule has 0 bridgehead atoms. The number of aromatic nitrogens is 2. The maximum Gasteiger partial charge on any atom is 0.335 e. The molecule has 0 spiro atoms. The van der Waals surface area contributed by atoms with Gasteiger partial charge in [0.1, 0.15) is 5.65 Å². The van der Waals surface area contributed by atoms with Gasteiger partial charge in [0.25, 0.3) is 0 Å². The van der Waals surface area contributed by atoms with E-state index in [1.165, 1.54) is 0 Å². The number of carboxylic acid groups (broad SMARTS) is 1. The number of nitrogens with zero attached hydrogens (tertiary/aromatic N) is 2. The van der Waals surface area contributed by atoms with Gasteiger partial charge in [-0.15, -0.1) is 0 Å². The molecule has 0 fully saturated rings. The minimum absolute atomic E-state index is 0.244. The third-order valence-corrected chi connectivity index (χ3v) is 4.73. The molecule has 4 rings (SSSR count). The van der Waals surface area contributed by atoms with Crippen molar-refractivity contribution in [2.24, 2.45) is 0 Å². The molecule has 4 aromatic rings. The Bertz CT molecular complexity index is 1230. The van der Waals surface area contributed by atoms with Crippen molar-refractivity contribution in [2.45, 2.75) is 6.92 Å². The Morgan fingerprint density at radius 1 is 1.00 bits per heavy atom. The Morgan fingerprint density at radius 2 is 1.80 bits per heavy atom. The molecule has 0 aliphatic carbocycles. The molecule has 2 heterocycles. The highest BCUT2D eigenvalue weighted by molar-refractivity contribution is 5.90. The minimum atomic E-state index is -0.946. The Kier molecular flexibility index (Phi) is 5.17. The molecule has 0 aliphatic rings. The maximum atomic E-state index is 11.8. The zero-order valence-electron chi connectivity index (χ0n) is 16.3. The topological polar surface area (TPSA) is 95.7 Å². The summed E-state index contributed by atoms with van der Waals surface area (Å²) in [5, 5.41) is 14.6. The van der Waals surface area contributed by atoms with Gasteiger partial charge < -0.3 is 15.7 Å². The van der Waals surface area contributed by atoms with E-state index < -0.39 is 5.97 Å². The molecular weight excluding hydrogens is 380 g/mol. The fraction of sp³-hybridized carbons (Fsp3) is 0.0870. The second-order valence-corrected chi connectivity index (χ2v) is 6.73. The monoisotopic (exact) mass is 400 g/mol. The molecule has 0 radical (unpaired) electrons. The van der Waals surface area contributed by atoms with E-state index >= 15 is 0 Å². The van der Waals surface area contributed by atoms with Crippen LogP contribution in [0.2, 0.25) is 0 Å². The Morgan fingerprint density at radius 3 is 2.53 bits per heavy atom. The molecule has 0 saturated carbocycles. The van der Waals surface area contributed by atoms with Gasteiger partial charge in [0, 0.05) is 24.0 Å². The van der Waals surface area contributed by atoms with Crippen molar-refractivity contribution in [3.05, 3.63) is 78.6 Å². The number of urea groups is 1. The van der Waals surface area contributed by atoms with Gasteiger partial charge in [-0.2, -0.15) is 0 Å². The zero-order valence-corrected chi connectivity index (χ0v) is 16.3. The minimum Gasteiger partial charge on any atom is -0.478 e. The summed E-state index contributed by atoms with van der Waals surface area (Å²) in [4.78, 5) is 27.3. The van der Waals surface area contributed by atoms with Gasteiger partial charge in [0.15, 0.2) is 0 Å². The third-order valence-electron chi connectivity index (χ3n) is 4.73. The molecule has 2 aromatic carbocycles. The van der Waals surface area contributed by atoms with Crippen LogP contribution in [0.25, 0.3) is 28.0 Å². The lowest BCUT2D eigenvalue weighted by molar-refractivity contribution is 0.0697. The van der Waals surface area contributed by atoms with Gasteiger partial charge in [0.2, 0.25) is 0 Å². The molecule has 30 heavy (non-hydrogen) atoms.